The molecule has 41 heavy (non-hydrogen) atoms. The standard InChI is InChI=1S/C30H35BrClN3O5S/c1-6-27(30(37)33-20(2)3)34(18-22-9-7-8-10-26(22)32)29(36)19-35(23-13-11-21(4)12-14-23)41(38,39)24-15-16-28(40-5)25(31)17-24/h7-17,20,27H,6,18-19H2,1-5H3,(H,33,37)/t27-/m1/s1. The number of anilines is 1. The average Bonchev–Trinajstić information content (AvgIpc) is 2.92. The lowest BCUT2D eigenvalue weighted by Gasteiger charge is -2.33. The Morgan fingerprint density at radius 2 is 1.71 bits per heavy atom. The van der Waals surface area contributed by atoms with E-state index in [0.29, 0.717) is 32.9 Å². The third-order valence-corrected chi connectivity index (χ3v) is 9.19. The van der Waals surface area contributed by atoms with E-state index in [1.54, 1.807) is 61.5 Å². The molecule has 1 N–H and O–H groups in total. The van der Waals surface area contributed by atoms with Crippen LogP contribution in [0.5, 0.6) is 5.75 Å². The van der Waals surface area contributed by atoms with Crippen molar-refractivity contribution in [1.29, 1.82) is 0 Å². The molecule has 3 aromatic rings. The minimum Gasteiger partial charge on any atom is -0.496 e. The predicted molar refractivity (Wildman–Crippen MR) is 166 cm³/mol. The van der Waals surface area contributed by atoms with Crippen LogP contribution in [0.15, 0.2) is 76.1 Å². The molecule has 3 rings (SSSR count). The van der Waals surface area contributed by atoms with E-state index < -0.39 is 28.5 Å². The lowest BCUT2D eigenvalue weighted by atomic mass is 10.1. The van der Waals surface area contributed by atoms with Crippen LogP contribution in [0.2, 0.25) is 5.02 Å². The zero-order chi connectivity index (χ0) is 30.3. The molecule has 0 aliphatic carbocycles. The largest absolute Gasteiger partial charge is 0.496 e. The third-order valence-electron chi connectivity index (χ3n) is 6.43. The van der Waals surface area contributed by atoms with Crippen molar-refractivity contribution in [3.8, 4) is 5.75 Å². The van der Waals surface area contributed by atoms with Crippen LogP contribution >= 0.6 is 27.5 Å². The Morgan fingerprint density at radius 3 is 2.27 bits per heavy atom. The molecule has 8 nitrogen and oxygen atoms in total. The highest BCUT2D eigenvalue weighted by Gasteiger charge is 2.34. The number of hydrogen-bond donors (Lipinski definition) is 1. The van der Waals surface area contributed by atoms with E-state index in [4.69, 9.17) is 16.3 Å². The van der Waals surface area contributed by atoms with Crippen molar-refractivity contribution < 1.29 is 22.7 Å². The minimum absolute atomic E-state index is 0.0262. The topological polar surface area (TPSA) is 96.0 Å². The van der Waals surface area contributed by atoms with Crippen LogP contribution in [-0.4, -0.2) is 50.9 Å². The van der Waals surface area contributed by atoms with Crippen LogP contribution in [0.4, 0.5) is 5.69 Å². The molecule has 0 spiro atoms. The number of halogens is 2. The molecule has 0 saturated carbocycles. The lowest BCUT2D eigenvalue weighted by molar-refractivity contribution is -0.140. The summed E-state index contributed by atoms with van der Waals surface area (Å²) in [5, 5.41) is 3.32. The van der Waals surface area contributed by atoms with Gasteiger partial charge in [0.2, 0.25) is 11.8 Å². The normalized spacial score (nSPS) is 12.1. The van der Waals surface area contributed by atoms with Crippen molar-refractivity contribution in [2.75, 3.05) is 18.0 Å². The maximum atomic E-state index is 14.1. The summed E-state index contributed by atoms with van der Waals surface area (Å²) in [6.07, 6.45) is 0.317. The highest BCUT2D eigenvalue weighted by atomic mass is 79.9. The van der Waals surface area contributed by atoms with Gasteiger partial charge < -0.3 is 15.0 Å². The zero-order valence-corrected chi connectivity index (χ0v) is 26.9. The number of nitrogens with zero attached hydrogens (tertiary/aromatic N) is 2. The minimum atomic E-state index is -4.22. The number of ether oxygens (including phenoxy) is 1. The number of hydrogen-bond acceptors (Lipinski definition) is 5. The van der Waals surface area contributed by atoms with E-state index in [1.807, 2.05) is 20.8 Å². The molecule has 0 unspecified atom stereocenters. The van der Waals surface area contributed by atoms with Crippen LogP contribution in [0.3, 0.4) is 0 Å². The predicted octanol–water partition coefficient (Wildman–Crippen LogP) is 5.95. The van der Waals surface area contributed by atoms with E-state index in [1.165, 1.54) is 24.1 Å². The van der Waals surface area contributed by atoms with Gasteiger partial charge in [-0.1, -0.05) is 54.4 Å². The Balaban J connectivity index is 2.09. The van der Waals surface area contributed by atoms with Crippen molar-refractivity contribution in [2.45, 2.75) is 57.6 Å². The van der Waals surface area contributed by atoms with Crippen molar-refractivity contribution in [1.82, 2.24) is 10.2 Å². The summed E-state index contributed by atoms with van der Waals surface area (Å²) in [6.45, 7) is 6.86. The molecule has 11 heteroatoms. The fourth-order valence-corrected chi connectivity index (χ4v) is 6.61. The first-order valence-electron chi connectivity index (χ1n) is 13.1. The summed E-state index contributed by atoms with van der Waals surface area (Å²) < 4.78 is 34.9. The van der Waals surface area contributed by atoms with Gasteiger partial charge in [0.1, 0.15) is 18.3 Å². The first-order chi connectivity index (χ1) is 19.4. The first-order valence-corrected chi connectivity index (χ1v) is 15.8. The fourth-order valence-electron chi connectivity index (χ4n) is 4.28. The zero-order valence-electron chi connectivity index (χ0n) is 23.7. The number of benzene rings is 3. The molecule has 0 radical (unpaired) electrons. The average molecular weight is 665 g/mol. The van der Waals surface area contributed by atoms with Gasteiger partial charge in [-0.2, -0.15) is 0 Å². The molecule has 0 aliphatic rings. The molecule has 1 atom stereocenters. The number of sulfonamides is 1. The number of carbonyl (C=O) groups excluding carboxylic acids is 2. The van der Waals surface area contributed by atoms with Gasteiger partial charge in [0.25, 0.3) is 10.0 Å². The van der Waals surface area contributed by atoms with Crippen molar-refractivity contribution >= 4 is 55.1 Å². The number of methoxy groups -OCH3 is 1. The number of amides is 2. The Bertz CT molecular complexity index is 1480. The molecule has 220 valence electrons. The van der Waals surface area contributed by atoms with Gasteiger partial charge in [-0.3, -0.25) is 13.9 Å². The molecule has 2 amide bonds. The van der Waals surface area contributed by atoms with Gasteiger partial charge in [-0.05, 0) is 85.1 Å². The van der Waals surface area contributed by atoms with E-state index in [-0.39, 0.29) is 23.4 Å². The van der Waals surface area contributed by atoms with E-state index in [2.05, 4.69) is 21.2 Å². The van der Waals surface area contributed by atoms with Crippen LogP contribution in [0.1, 0.15) is 38.3 Å². The second-order valence-electron chi connectivity index (χ2n) is 9.84. The summed E-state index contributed by atoms with van der Waals surface area (Å²) >= 11 is 9.79. The van der Waals surface area contributed by atoms with Crippen molar-refractivity contribution in [3.05, 3.63) is 87.4 Å². The van der Waals surface area contributed by atoms with Gasteiger partial charge in [-0.25, -0.2) is 8.42 Å². The van der Waals surface area contributed by atoms with E-state index in [0.717, 1.165) is 9.87 Å². The molecular weight excluding hydrogens is 630 g/mol. The quantitative estimate of drug-likeness (QED) is 0.258. The summed E-state index contributed by atoms with van der Waals surface area (Å²) in [7, 11) is -2.74. The SMILES string of the molecule is CC[C@H](C(=O)NC(C)C)N(Cc1ccccc1Cl)C(=O)CN(c1ccc(C)cc1)S(=O)(=O)c1ccc(OC)c(Br)c1. The molecule has 0 aliphatic heterocycles. The molecule has 3 aromatic carbocycles. The van der Waals surface area contributed by atoms with Gasteiger partial charge in [0.15, 0.2) is 0 Å². The van der Waals surface area contributed by atoms with Gasteiger partial charge in [0.05, 0.1) is 22.2 Å². The molecule has 0 saturated heterocycles. The summed E-state index contributed by atoms with van der Waals surface area (Å²) in [4.78, 5) is 28.7. The maximum absolute atomic E-state index is 14.1. The van der Waals surface area contributed by atoms with Crippen molar-refractivity contribution in [3.63, 3.8) is 0 Å². The van der Waals surface area contributed by atoms with Gasteiger partial charge in [-0.15, -0.1) is 0 Å². The van der Waals surface area contributed by atoms with E-state index >= 15 is 0 Å². The molecule has 0 bridgehead atoms. The second-order valence-corrected chi connectivity index (χ2v) is 13.0. The summed E-state index contributed by atoms with van der Waals surface area (Å²) in [5.41, 5.74) is 1.89. The monoisotopic (exact) mass is 663 g/mol. The number of carbonyl (C=O) groups is 2. The molecule has 0 fully saturated rings. The molecular formula is C30H35BrClN3O5S. The highest BCUT2D eigenvalue weighted by molar-refractivity contribution is 9.10. The van der Waals surface area contributed by atoms with E-state index in [9.17, 15) is 18.0 Å². The van der Waals surface area contributed by atoms with Crippen LogP contribution < -0.4 is 14.4 Å². The highest BCUT2D eigenvalue weighted by Crippen LogP contribution is 2.31. The summed E-state index contributed by atoms with van der Waals surface area (Å²) in [5.74, 6) is -0.408. The van der Waals surface area contributed by atoms with Gasteiger partial charge >= 0.3 is 0 Å². The Hall–Kier alpha value is -3.08. The third kappa shape index (κ3) is 8.02. The fraction of sp³-hybridized carbons (Fsp3) is 0.333. The smallest absolute Gasteiger partial charge is 0.264 e. The Morgan fingerprint density at radius 1 is 1.05 bits per heavy atom. The molecule has 0 heterocycles. The maximum Gasteiger partial charge on any atom is 0.264 e. The Labute approximate surface area is 255 Å². The number of nitrogens with one attached hydrogen (secondary N) is 1. The van der Waals surface area contributed by atoms with Gasteiger partial charge in [0, 0.05) is 17.6 Å². The summed E-state index contributed by atoms with van der Waals surface area (Å²) in [6, 6.07) is 17.3. The van der Waals surface area contributed by atoms with Crippen LogP contribution in [0, 0.1) is 6.92 Å². The van der Waals surface area contributed by atoms with Crippen LogP contribution in [0.25, 0.3) is 0 Å². The number of aryl methyl sites for hydroxylation is 1. The first kappa shape index (κ1) is 32.4. The Kier molecular flexibility index (Phi) is 11.2. The van der Waals surface area contributed by atoms with Crippen molar-refractivity contribution in [2.24, 2.45) is 0 Å². The number of rotatable bonds is 12. The van der Waals surface area contributed by atoms with Crippen LogP contribution in [-0.2, 0) is 26.2 Å². The molecule has 0 aromatic heterocycles. The lowest BCUT2D eigenvalue weighted by Crippen LogP contribution is -2.53. The second kappa shape index (κ2) is 14.2.